The number of anilines is 1. The number of piperidine rings is 1. The maximum Gasteiger partial charge on any atom is 0.418 e. The number of fused-ring (bicyclic) bond motifs is 1. The lowest BCUT2D eigenvalue weighted by atomic mass is 9.94. The van der Waals surface area contributed by atoms with Gasteiger partial charge in [-0.1, -0.05) is 24.3 Å². The van der Waals surface area contributed by atoms with Gasteiger partial charge in [0.15, 0.2) is 0 Å². The molecule has 0 spiro atoms. The Hall–Kier alpha value is -4.02. The lowest BCUT2D eigenvalue weighted by molar-refractivity contribution is -0.141. The summed E-state index contributed by atoms with van der Waals surface area (Å²) in [6, 6.07) is 11.7. The predicted octanol–water partition coefficient (Wildman–Crippen LogP) is 6.97. The molecule has 1 saturated heterocycles. The highest BCUT2D eigenvalue weighted by Crippen LogP contribution is 2.39. The summed E-state index contributed by atoms with van der Waals surface area (Å²) >= 11 is 0. The number of hydrogen-bond acceptors (Lipinski definition) is 4. The summed E-state index contributed by atoms with van der Waals surface area (Å²) < 4.78 is 89.8. The van der Waals surface area contributed by atoms with Gasteiger partial charge < -0.3 is 9.64 Å². The second-order valence-corrected chi connectivity index (χ2v) is 9.84. The van der Waals surface area contributed by atoms with Gasteiger partial charge in [0, 0.05) is 53.8 Å². The van der Waals surface area contributed by atoms with Gasteiger partial charge in [0.25, 0.3) is 0 Å². The van der Waals surface area contributed by atoms with Gasteiger partial charge in [0.2, 0.25) is 0 Å². The number of halogens is 6. The molecule has 0 bridgehead atoms. The third-order valence-corrected chi connectivity index (χ3v) is 7.20. The first-order chi connectivity index (χ1) is 19.0. The van der Waals surface area contributed by atoms with E-state index in [2.05, 4.69) is 10.00 Å². The molecule has 5 rings (SSSR count). The summed E-state index contributed by atoms with van der Waals surface area (Å²) in [4.78, 5) is 13.9. The van der Waals surface area contributed by atoms with E-state index < -0.39 is 41.3 Å². The third kappa shape index (κ3) is 5.50. The van der Waals surface area contributed by atoms with Crippen molar-refractivity contribution in [1.82, 2.24) is 9.78 Å². The topological polar surface area (TPSA) is 47.4 Å². The molecule has 5 nitrogen and oxygen atoms in total. The highest BCUT2D eigenvalue weighted by Gasteiger charge is 2.35. The molecule has 0 unspecified atom stereocenters. The molecule has 1 aliphatic rings. The van der Waals surface area contributed by atoms with E-state index in [9.17, 15) is 31.1 Å². The van der Waals surface area contributed by atoms with Crippen LogP contribution in [0.5, 0.6) is 0 Å². The molecule has 11 heteroatoms. The molecular formula is C29H25F6N3O2. The molecule has 1 aromatic heterocycles. The Labute approximate surface area is 226 Å². The Morgan fingerprint density at radius 1 is 1.05 bits per heavy atom. The number of alkyl halides is 3. The largest absolute Gasteiger partial charge is 0.469 e. The second kappa shape index (κ2) is 10.9. The fourth-order valence-electron chi connectivity index (χ4n) is 5.29. The summed E-state index contributed by atoms with van der Waals surface area (Å²) in [5, 5.41) is 4.28. The first-order valence-electron chi connectivity index (χ1n) is 12.7. The standard InChI is InChI=1S/C29H25F6N3O2/c1-40-26(39)12-17-4-3-11-37(15-17)20-9-7-18(8-10-20)28-21-5-2-6-23(29(33,34)35)27(21)36-38(28)16-22-24(31)13-19(30)14-25(22)32/h2,5-10,13-14,17H,3-4,11-12,15-16H2,1H3/t17-/m0/s1. The van der Waals surface area contributed by atoms with Crippen LogP contribution in [0.3, 0.4) is 0 Å². The lowest BCUT2D eigenvalue weighted by Crippen LogP contribution is -2.36. The Morgan fingerprint density at radius 3 is 2.40 bits per heavy atom. The van der Waals surface area contributed by atoms with Crippen molar-refractivity contribution in [3.63, 3.8) is 0 Å². The van der Waals surface area contributed by atoms with Gasteiger partial charge in [0.1, 0.15) is 23.0 Å². The van der Waals surface area contributed by atoms with Crippen LogP contribution in [0.2, 0.25) is 0 Å². The van der Waals surface area contributed by atoms with E-state index in [1.165, 1.54) is 19.2 Å². The van der Waals surface area contributed by atoms with E-state index in [4.69, 9.17) is 4.74 Å². The molecule has 0 radical (unpaired) electrons. The minimum Gasteiger partial charge on any atom is -0.469 e. The average molecular weight is 562 g/mol. The minimum absolute atomic E-state index is 0.132. The Balaban J connectivity index is 1.55. The van der Waals surface area contributed by atoms with Gasteiger partial charge in [-0.15, -0.1) is 0 Å². The Kier molecular flexibility index (Phi) is 7.48. The third-order valence-electron chi connectivity index (χ3n) is 7.20. The number of methoxy groups -OCH3 is 1. The number of aromatic nitrogens is 2. The van der Waals surface area contributed by atoms with Crippen molar-refractivity contribution < 1.29 is 35.9 Å². The molecule has 40 heavy (non-hydrogen) atoms. The van der Waals surface area contributed by atoms with E-state index in [1.807, 2.05) is 12.1 Å². The number of nitrogens with zero attached hydrogens (tertiary/aromatic N) is 3. The number of carbonyl (C=O) groups excluding carboxylic acids is 1. The summed E-state index contributed by atoms with van der Waals surface area (Å²) in [6.07, 6.45) is -2.61. The van der Waals surface area contributed by atoms with Gasteiger partial charge in [-0.2, -0.15) is 18.3 Å². The van der Waals surface area contributed by atoms with Crippen molar-refractivity contribution >= 4 is 22.6 Å². The van der Waals surface area contributed by atoms with Crippen molar-refractivity contribution in [2.24, 2.45) is 5.92 Å². The molecule has 1 aliphatic heterocycles. The predicted molar refractivity (Wildman–Crippen MR) is 137 cm³/mol. The van der Waals surface area contributed by atoms with Crippen molar-refractivity contribution in [2.45, 2.75) is 32.0 Å². The summed E-state index contributed by atoms with van der Waals surface area (Å²) in [7, 11) is 1.35. The highest BCUT2D eigenvalue weighted by atomic mass is 19.4. The van der Waals surface area contributed by atoms with Crippen LogP contribution in [-0.2, 0) is 22.3 Å². The van der Waals surface area contributed by atoms with E-state index in [-0.39, 0.29) is 28.5 Å². The van der Waals surface area contributed by atoms with E-state index in [0.29, 0.717) is 30.7 Å². The number of hydrogen-bond donors (Lipinski definition) is 0. The first kappa shape index (κ1) is 27.5. The van der Waals surface area contributed by atoms with E-state index in [0.717, 1.165) is 35.8 Å². The van der Waals surface area contributed by atoms with Crippen LogP contribution in [0.4, 0.5) is 32.0 Å². The number of carbonyl (C=O) groups is 1. The zero-order valence-electron chi connectivity index (χ0n) is 21.4. The molecule has 1 atom stereocenters. The van der Waals surface area contributed by atoms with Crippen LogP contribution in [0.15, 0.2) is 54.6 Å². The van der Waals surface area contributed by atoms with Crippen molar-refractivity contribution in [3.05, 3.63) is 83.2 Å². The van der Waals surface area contributed by atoms with Crippen LogP contribution in [0.25, 0.3) is 22.2 Å². The maximum absolute atomic E-state index is 14.5. The fourth-order valence-corrected chi connectivity index (χ4v) is 5.29. The van der Waals surface area contributed by atoms with Crippen LogP contribution in [0, 0.1) is 23.4 Å². The smallest absolute Gasteiger partial charge is 0.418 e. The SMILES string of the molecule is COC(=O)C[C@@H]1CCCN(c2ccc(-c3c4cccc(C(F)(F)F)c4nn3Cc3c(F)cc(F)cc3F)cc2)C1. The van der Waals surface area contributed by atoms with Crippen LogP contribution in [-0.4, -0.2) is 35.9 Å². The summed E-state index contributed by atoms with van der Waals surface area (Å²) in [6.45, 7) is 0.867. The monoisotopic (exact) mass is 561 g/mol. The quantitative estimate of drug-likeness (QED) is 0.189. The van der Waals surface area contributed by atoms with Gasteiger partial charge in [-0.3, -0.25) is 9.48 Å². The molecule has 210 valence electrons. The number of rotatable bonds is 6. The van der Waals surface area contributed by atoms with Gasteiger partial charge in [-0.05, 0) is 37.0 Å². The van der Waals surface area contributed by atoms with E-state index >= 15 is 0 Å². The molecule has 0 aliphatic carbocycles. The normalized spacial score (nSPS) is 16.0. The van der Waals surface area contributed by atoms with Crippen molar-refractivity contribution in [1.29, 1.82) is 0 Å². The Morgan fingerprint density at radius 2 is 1.75 bits per heavy atom. The molecule has 3 aromatic carbocycles. The number of benzene rings is 3. The lowest BCUT2D eigenvalue weighted by Gasteiger charge is -2.34. The van der Waals surface area contributed by atoms with E-state index in [1.54, 1.807) is 12.1 Å². The molecular weight excluding hydrogens is 536 g/mol. The van der Waals surface area contributed by atoms with Crippen molar-refractivity contribution in [3.8, 4) is 11.3 Å². The van der Waals surface area contributed by atoms with Gasteiger partial charge >= 0.3 is 12.1 Å². The molecule has 1 fully saturated rings. The summed E-state index contributed by atoms with van der Waals surface area (Å²) in [5.41, 5.74) is -0.286. The molecule has 0 amide bonds. The van der Waals surface area contributed by atoms with Crippen LogP contribution in [0.1, 0.15) is 30.4 Å². The number of ether oxygens (including phenoxy) is 1. The minimum atomic E-state index is -4.71. The van der Waals surface area contributed by atoms with Crippen LogP contribution < -0.4 is 4.90 Å². The Bertz CT molecular complexity index is 1530. The molecule has 0 N–H and O–H groups in total. The molecule has 4 aromatic rings. The summed E-state index contributed by atoms with van der Waals surface area (Å²) in [5.74, 6) is -3.57. The zero-order valence-corrected chi connectivity index (χ0v) is 21.4. The molecule has 0 saturated carbocycles. The first-order valence-corrected chi connectivity index (χ1v) is 12.7. The second-order valence-electron chi connectivity index (χ2n) is 9.84. The van der Waals surface area contributed by atoms with Crippen molar-refractivity contribution in [2.75, 3.05) is 25.1 Å². The highest BCUT2D eigenvalue weighted by molar-refractivity contribution is 5.95. The van der Waals surface area contributed by atoms with Gasteiger partial charge in [0.05, 0.1) is 24.9 Å². The average Bonchev–Trinajstić information content (AvgIpc) is 3.28. The maximum atomic E-state index is 14.5. The molecule has 2 heterocycles. The fraction of sp³-hybridized carbons (Fsp3) is 0.310. The number of esters is 1. The van der Waals surface area contributed by atoms with Crippen LogP contribution >= 0.6 is 0 Å². The zero-order chi connectivity index (χ0) is 28.6. The van der Waals surface area contributed by atoms with Gasteiger partial charge in [-0.25, -0.2) is 13.2 Å².